The summed E-state index contributed by atoms with van der Waals surface area (Å²) in [5.41, 5.74) is -3.96. The third-order valence-electron chi connectivity index (χ3n) is 6.65. The Morgan fingerprint density at radius 3 is 2.37 bits per heavy atom. The van der Waals surface area contributed by atoms with E-state index in [0.29, 0.717) is 24.0 Å². The van der Waals surface area contributed by atoms with E-state index in [9.17, 15) is 24.1 Å². The van der Waals surface area contributed by atoms with Crippen LogP contribution in [0.4, 0.5) is 8.78 Å². The van der Waals surface area contributed by atoms with Crippen molar-refractivity contribution < 1.29 is 41.9 Å². The number of rotatable bonds is 10. The number of amides is 2. The van der Waals surface area contributed by atoms with E-state index in [4.69, 9.17) is 9.05 Å². The normalized spacial score (nSPS) is 18.7. The number of likely N-dealkylation sites (tertiary alicyclic amines) is 1. The monoisotopic (exact) mass is 556 g/mol. The summed E-state index contributed by atoms with van der Waals surface area (Å²) in [4.78, 5) is 39.4. The van der Waals surface area contributed by atoms with Gasteiger partial charge in [-0.25, -0.2) is 4.79 Å². The molecule has 1 aliphatic heterocycles. The van der Waals surface area contributed by atoms with E-state index in [1.165, 1.54) is 30.9 Å². The van der Waals surface area contributed by atoms with Crippen LogP contribution >= 0.6 is 7.60 Å². The lowest BCUT2D eigenvalue weighted by molar-refractivity contribution is -0.150. The molecule has 2 atom stereocenters. The lowest BCUT2D eigenvalue weighted by Gasteiger charge is -2.35. The van der Waals surface area contributed by atoms with Crippen LogP contribution in [0.15, 0.2) is 23.8 Å². The quantitative estimate of drug-likeness (QED) is 0.406. The fourth-order valence-electron chi connectivity index (χ4n) is 4.69. The lowest BCUT2D eigenvalue weighted by atomic mass is 9.85. The fourth-order valence-corrected chi connectivity index (χ4v) is 6.22. The van der Waals surface area contributed by atoms with Crippen LogP contribution in [0, 0.1) is 5.41 Å². The zero-order chi connectivity index (χ0) is 28.5. The maximum absolute atomic E-state index is 15.2. The summed E-state index contributed by atoms with van der Waals surface area (Å²) in [6.45, 7) is 8.03. The van der Waals surface area contributed by atoms with Crippen molar-refractivity contribution in [1.29, 1.82) is 0 Å². The molecular weight excluding hydrogens is 521 g/mol. The van der Waals surface area contributed by atoms with E-state index in [0.717, 1.165) is 12.1 Å². The van der Waals surface area contributed by atoms with E-state index in [1.807, 2.05) is 0 Å². The number of halogens is 2. The number of alkyl halides is 2. The molecular formula is C26H35F2N2O7P. The van der Waals surface area contributed by atoms with Crippen LogP contribution in [0.1, 0.15) is 64.2 Å². The van der Waals surface area contributed by atoms with Crippen LogP contribution in [-0.2, 0) is 40.1 Å². The molecule has 0 radical (unpaired) electrons. The highest BCUT2D eigenvalue weighted by Gasteiger charge is 2.55. The molecule has 2 N–H and O–H groups in total. The van der Waals surface area contributed by atoms with Gasteiger partial charge in [-0.05, 0) is 55.4 Å². The topological polar surface area (TPSA) is 122 Å². The molecule has 1 aliphatic carbocycles. The largest absolute Gasteiger partial charge is 0.480 e. The molecule has 0 aromatic heterocycles. The predicted molar refractivity (Wildman–Crippen MR) is 137 cm³/mol. The Balaban J connectivity index is 1.85. The van der Waals surface area contributed by atoms with Gasteiger partial charge in [-0.15, -0.1) is 0 Å². The third kappa shape index (κ3) is 5.84. The highest BCUT2D eigenvalue weighted by atomic mass is 31.2. The molecule has 0 unspecified atom stereocenters. The Morgan fingerprint density at radius 2 is 1.82 bits per heavy atom. The van der Waals surface area contributed by atoms with Gasteiger partial charge in [0.1, 0.15) is 12.1 Å². The van der Waals surface area contributed by atoms with Crippen LogP contribution in [0.25, 0.3) is 6.08 Å². The summed E-state index contributed by atoms with van der Waals surface area (Å²) in [6, 6.07) is 1.80. The molecule has 1 fully saturated rings. The van der Waals surface area contributed by atoms with E-state index in [1.54, 1.807) is 20.8 Å². The maximum Gasteiger partial charge on any atom is 0.404 e. The van der Waals surface area contributed by atoms with E-state index < -0.39 is 54.1 Å². The van der Waals surface area contributed by atoms with Gasteiger partial charge < -0.3 is 24.4 Å². The number of carboxylic acids is 1. The SMILES string of the molecule is CCOP(=O)(OCC)C(F)(F)c1ccc2c(c1)C=C(C(=O)N[C@H](C(=O)N1CCC[C@H]1C(=O)O)C(C)(C)C)C2. The van der Waals surface area contributed by atoms with Crippen molar-refractivity contribution in [2.24, 2.45) is 5.41 Å². The molecule has 1 heterocycles. The summed E-state index contributed by atoms with van der Waals surface area (Å²) in [7, 11) is -4.79. The highest BCUT2D eigenvalue weighted by Crippen LogP contribution is 2.66. The highest BCUT2D eigenvalue weighted by molar-refractivity contribution is 7.54. The number of fused-ring (bicyclic) bond motifs is 1. The Bertz CT molecular complexity index is 1170. The molecule has 9 nitrogen and oxygen atoms in total. The van der Waals surface area contributed by atoms with Crippen LogP contribution in [0.2, 0.25) is 0 Å². The van der Waals surface area contributed by atoms with Crippen molar-refractivity contribution in [2.45, 2.75) is 71.6 Å². The summed E-state index contributed by atoms with van der Waals surface area (Å²) >= 11 is 0. The minimum atomic E-state index is -4.79. The standard InChI is InChI=1S/C26H35F2N2O7P/c1-6-36-38(35,37-7-2)26(27,28)19-11-10-16-13-18(14-17(16)15-19)22(31)29-21(25(3,4)5)23(32)30-12-8-9-20(30)24(33)34/h10-11,14-15,20-21H,6-9,12-13H2,1-5H3,(H,29,31)(H,33,34)/t20-,21+/m0/s1. The van der Waals surface area contributed by atoms with Crippen molar-refractivity contribution in [2.75, 3.05) is 19.8 Å². The Morgan fingerprint density at radius 1 is 1.18 bits per heavy atom. The van der Waals surface area contributed by atoms with Crippen LogP contribution < -0.4 is 5.32 Å². The first-order valence-corrected chi connectivity index (χ1v) is 14.2. The number of carbonyl (C=O) groups excluding carboxylic acids is 2. The molecule has 12 heteroatoms. The van der Waals surface area contributed by atoms with Crippen molar-refractivity contribution in [3.05, 3.63) is 40.5 Å². The van der Waals surface area contributed by atoms with Crippen molar-refractivity contribution in [3.63, 3.8) is 0 Å². The number of nitrogens with zero attached hydrogens (tertiary/aromatic N) is 1. The second-order valence-electron chi connectivity index (χ2n) is 10.4. The molecule has 2 amide bonds. The second kappa shape index (κ2) is 11.2. The van der Waals surface area contributed by atoms with Gasteiger partial charge in [-0.2, -0.15) is 8.78 Å². The molecule has 1 aromatic rings. The van der Waals surface area contributed by atoms with Gasteiger partial charge >= 0.3 is 19.2 Å². The number of carboxylic acid groups (broad SMARTS) is 1. The first kappa shape index (κ1) is 29.9. The minimum absolute atomic E-state index is 0.147. The number of hydrogen-bond donors (Lipinski definition) is 2. The second-order valence-corrected chi connectivity index (χ2v) is 12.5. The molecule has 1 saturated heterocycles. The Kier molecular flexibility index (Phi) is 8.85. The molecule has 210 valence electrons. The summed E-state index contributed by atoms with van der Waals surface area (Å²) in [6.07, 6.45) is 2.50. The molecule has 1 aromatic carbocycles. The lowest BCUT2D eigenvalue weighted by Crippen LogP contribution is -2.56. The van der Waals surface area contributed by atoms with Gasteiger partial charge in [0.15, 0.2) is 0 Å². The maximum atomic E-state index is 15.2. The summed E-state index contributed by atoms with van der Waals surface area (Å²) in [5, 5.41) is 12.2. The van der Waals surface area contributed by atoms with Gasteiger partial charge in [0, 0.05) is 24.1 Å². The Hall–Kier alpha value is -2.62. The number of nitrogens with one attached hydrogen (secondary N) is 1. The molecule has 3 rings (SSSR count). The van der Waals surface area contributed by atoms with Gasteiger partial charge in [-0.3, -0.25) is 14.2 Å². The fraction of sp³-hybridized carbons (Fsp3) is 0.577. The molecule has 38 heavy (non-hydrogen) atoms. The number of carbonyl (C=O) groups is 3. The Labute approximate surface area is 221 Å². The van der Waals surface area contributed by atoms with Gasteiger partial charge in [0.2, 0.25) is 11.8 Å². The molecule has 0 spiro atoms. The van der Waals surface area contributed by atoms with E-state index >= 15 is 8.78 Å². The van der Waals surface area contributed by atoms with Crippen molar-refractivity contribution in [3.8, 4) is 0 Å². The third-order valence-corrected chi connectivity index (χ3v) is 8.79. The predicted octanol–water partition coefficient (Wildman–Crippen LogP) is 4.55. The van der Waals surface area contributed by atoms with Crippen LogP contribution in [-0.4, -0.2) is 59.6 Å². The summed E-state index contributed by atoms with van der Waals surface area (Å²) in [5.74, 6) is -2.12. The number of aliphatic carboxylic acids is 1. The van der Waals surface area contributed by atoms with E-state index in [-0.39, 0.29) is 31.8 Å². The molecule has 0 bridgehead atoms. The average Bonchev–Trinajstić information content (AvgIpc) is 3.48. The zero-order valence-corrected chi connectivity index (χ0v) is 23.1. The number of benzene rings is 1. The van der Waals surface area contributed by atoms with Crippen LogP contribution in [0.3, 0.4) is 0 Å². The number of hydrogen-bond acceptors (Lipinski definition) is 6. The van der Waals surface area contributed by atoms with E-state index in [2.05, 4.69) is 5.32 Å². The molecule has 0 saturated carbocycles. The van der Waals surface area contributed by atoms with Gasteiger partial charge in [0.25, 0.3) is 0 Å². The zero-order valence-electron chi connectivity index (χ0n) is 22.3. The average molecular weight is 557 g/mol. The smallest absolute Gasteiger partial charge is 0.404 e. The van der Waals surface area contributed by atoms with Crippen LogP contribution in [0.5, 0.6) is 0 Å². The first-order chi connectivity index (χ1) is 17.7. The molecule has 2 aliphatic rings. The summed E-state index contributed by atoms with van der Waals surface area (Å²) < 4.78 is 53.0. The van der Waals surface area contributed by atoms with Gasteiger partial charge in [-0.1, -0.05) is 32.9 Å². The van der Waals surface area contributed by atoms with Crippen molar-refractivity contribution in [1.82, 2.24) is 10.2 Å². The van der Waals surface area contributed by atoms with Gasteiger partial charge in [0.05, 0.1) is 13.2 Å². The van der Waals surface area contributed by atoms with Crippen molar-refractivity contribution >= 4 is 31.5 Å². The first-order valence-electron chi connectivity index (χ1n) is 12.6. The minimum Gasteiger partial charge on any atom is -0.480 e.